The van der Waals surface area contributed by atoms with Crippen molar-refractivity contribution in [3.05, 3.63) is 71.9 Å². The number of rotatable bonds is 5. The number of carboxylic acid groups (broad SMARTS) is 1. The molecule has 24 heavy (non-hydrogen) atoms. The van der Waals surface area contributed by atoms with E-state index in [2.05, 4.69) is 10.4 Å². The Hall–Kier alpha value is -3.35. The minimum Gasteiger partial charge on any atom is -0.475 e. The van der Waals surface area contributed by atoms with Crippen LogP contribution in [0.25, 0.3) is 5.69 Å². The van der Waals surface area contributed by atoms with Crippen LogP contribution in [0, 0.1) is 0 Å². The Morgan fingerprint density at radius 3 is 2.67 bits per heavy atom. The molecule has 0 bridgehead atoms. The van der Waals surface area contributed by atoms with Gasteiger partial charge in [0.2, 0.25) is 5.76 Å². The summed E-state index contributed by atoms with van der Waals surface area (Å²) in [4.78, 5) is 23.0. The minimum atomic E-state index is -1.21. The van der Waals surface area contributed by atoms with E-state index in [1.165, 1.54) is 12.1 Å². The van der Waals surface area contributed by atoms with Gasteiger partial charge in [0.1, 0.15) is 0 Å². The molecule has 1 atom stereocenters. The molecule has 1 aromatic carbocycles. The number of aromatic carboxylic acids is 1. The smallest absolute Gasteiger partial charge is 0.371 e. The van der Waals surface area contributed by atoms with Gasteiger partial charge < -0.3 is 14.8 Å². The first-order valence-electron chi connectivity index (χ1n) is 7.28. The third kappa shape index (κ3) is 3.19. The van der Waals surface area contributed by atoms with Gasteiger partial charge in [-0.1, -0.05) is 12.1 Å². The molecule has 0 radical (unpaired) electrons. The average molecular weight is 325 g/mol. The maximum absolute atomic E-state index is 12.2. The van der Waals surface area contributed by atoms with Crippen LogP contribution in [0.2, 0.25) is 0 Å². The Kier molecular flexibility index (Phi) is 4.15. The fraction of sp³-hybridized carbons (Fsp3) is 0.118. The van der Waals surface area contributed by atoms with Crippen molar-refractivity contribution in [3.63, 3.8) is 0 Å². The number of aromatic nitrogens is 2. The standard InChI is InChI=1S/C17H15N3O4/c1-11(19-16(21)14-6-7-15(24-14)17(22)23)12-4-2-5-13(10-12)20-9-3-8-18-20/h2-11H,1H3,(H,19,21)(H,22,23). The lowest BCUT2D eigenvalue weighted by molar-refractivity contribution is 0.0659. The van der Waals surface area contributed by atoms with E-state index in [0.717, 1.165) is 11.3 Å². The molecule has 7 nitrogen and oxygen atoms in total. The molecule has 1 amide bonds. The largest absolute Gasteiger partial charge is 0.475 e. The molecule has 7 heteroatoms. The van der Waals surface area contributed by atoms with Gasteiger partial charge in [-0.25, -0.2) is 9.48 Å². The Morgan fingerprint density at radius 2 is 2.00 bits per heavy atom. The number of carbonyl (C=O) groups is 2. The molecule has 0 aliphatic carbocycles. The fourth-order valence-electron chi connectivity index (χ4n) is 2.28. The van der Waals surface area contributed by atoms with Gasteiger partial charge in [-0.05, 0) is 42.8 Å². The maximum Gasteiger partial charge on any atom is 0.371 e. The summed E-state index contributed by atoms with van der Waals surface area (Å²) in [6.07, 6.45) is 3.52. The molecule has 0 aliphatic rings. The summed E-state index contributed by atoms with van der Waals surface area (Å²) in [5, 5.41) is 15.8. The van der Waals surface area contributed by atoms with Crippen LogP contribution in [0.1, 0.15) is 39.6 Å². The van der Waals surface area contributed by atoms with Gasteiger partial charge >= 0.3 is 5.97 Å². The number of nitrogens with one attached hydrogen (secondary N) is 1. The molecule has 0 aliphatic heterocycles. The van der Waals surface area contributed by atoms with Crippen LogP contribution in [0.5, 0.6) is 0 Å². The zero-order valence-electron chi connectivity index (χ0n) is 12.8. The van der Waals surface area contributed by atoms with Gasteiger partial charge in [-0.2, -0.15) is 5.10 Å². The van der Waals surface area contributed by atoms with Crippen molar-refractivity contribution in [3.8, 4) is 5.69 Å². The van der Waals surface area contributed by atoms with Crippen LogP contribution in [-0.2, 0) is 0 Å². The highest BCUT2D eigenvalue weighted by atomic mass is 16.4. The second-order valence-electron chi connectivity index (χ2n) is 5.21. The Labute approximate surface area is 137 Å². The van der Waals surface area contributed by atoms with Crippen molar-refractivity contribution >= 4 is 11.9 Å². The van der Waals surface area contributed by atoms with Crippen LogP contribution in [-0.4, -0.2) is 26.8 Å². The predicted molar refractivity (Wildman–Crippen MR) is 85.1 cm³/mol. The van der Waals surface area contributed by atoms with E-state index in [-0.39, 0.29) is 17.6 Å². The lowest BCUT2D eigenvalue weighted by atomic mass is 10.1. The summed E-state index contributed by atoms with van der Waals surface area (Å²) in [5.74, 6) is -2.00. The monoisotopic (exact) mass is 325 g/mol. The average Bonchev–Trinajstić information content (AvgIpc) is 3.26. The molecule has 0 saturated carbocycles. The van der Waals surface area contributed by atoms with Crippen LogP contribution in [0.3, 0.4) is 0 Å². The Bertz CT molecular complexity index is 868. The van der Waals surface area contributed by atoms with Crippen molar-refractivity contribution in [2.24, 2.45) is 0 Å². The van der Waals surface area contributed by atoms with Crippen LogP contribution >= 0.6 is 0 Å². The number of carbonyl (C=O) groups excluding carboxylic acids is 1. The quantitative estimate of drug-likeness (QED) is 0.751. The molecule has 3 aromatic rings. The van der Waals surface area contributed by atoms with E-state index in [0.29, 0.717) is 0 Å². The number of nitrogens with zero attached hydrogens (tertiary/aromatic N) is 2. The first-order chi connectivity index (χ1) is 11.5. The minimum absolute atomic E-state index is 0.0394. The Morgan fingerprint density at radius 1 is 1.21 bits per heavy atom. The van der Waals surface area contributed by atoms with Gasteiger partial charge in [-0.15, -0.1) is 0 Å². The number of benzene rings is 1. The molecule has 122 valence electrons. The van der Waals surface area contributed by atoms with E-state index in [1.54, 1.807) is 10.9 Å². The van der Waals surface area contributed by atoms with Crippen molar-refractivity contribution in [1.82, 2.24) is 15.1 Å². The number of amides is 1. The number of furan rings is 1. The van der Waals surface area contributed by atoms with E-state index in [4.69, 9.17) is 9.52 Å². The summed E-state index contributed by atoms with van der Waals surface area (Å²) in [7, 11) is 0. The maximum atomic E-state index is 12.2. The van der Waals surface area contributed by atoms with Gasteiger partial charge in [-0.3, -0.25) is 4.79 Å². The Balaban J connectivity index is 1.74. The SMILES string of the molecule is CC(NC(=O)c1ccc(C(=O)O)o1)c1cccc(-n2cccn2)c1. The van der Waals surface area contributed by atoms with E-state index in [9.17, 15) is 9.59 Å². The molecular formula is C17H15N3O4. The molecule has 2 N–H and O–H groups in total. The second-order valence-corrected chi connectivity index (χ2v) is 5.21. The van der Waals surface area contributed by atoms with Crippen LogP contribution in [0.15, 0.2) is 59.3 Å². The first-order valence-corrected chi connectivity index (χ1v) is 7.28. The zero-order valence-corrected chi connectivity index (χ0v) is 12.8. The van der Waals surface area contributed by atoms with Gasteiger partial charge in [0, 0.05) is 12.4 Å². The highest BCUT2D eigenvalue weighted by Gasteiger charge is 2.17. The third-order valence-corrected chi connectivity index (χ3v) is 3.53. The molecule has 0 saturated heterocycles. The van der Waals surface area contributed by atoms with Crippen molar-refractivity contribution < 1.29 is 19.1 Å². The number of hydrogen-bond donors (Lipinski definition) is 2. The molecule has 0 fully saturated rings. The summed E-state index contributed by atoms with van der Waals surface area (Å²) in [6.45, 7) is 1.83. The molecule has 1 unspecified atom stereocenters. The number of carboxylic acids is 1. The van der Waals surface area contributed by atoms with E-state index in [1.807, 2.05) is 43.5 Å². The zero-order chi connectivity index (χ0) is 17.1. The summed E-state index contributed by atoms with van der Waals surface area (Å²) in [5.41, 5.74) is 1.77. The van der Waals surface area contributed by atoms with Crippen molar-refractivity contribution in [1.29, 1.82) is 0 Å². The second kappa shape index (κ2) is 6.41. The molecular weight excluding hydrogens is 310 g/mol. The molecule has 0 spiro atoms. The van der Waals surface area contributed by atoms with Gasteiger partial charge in [0.05, 0.1) is 11.7 Å². The summed E-state index contributed by atoms with van der Waals surface area (Å²) < 4.78 is 6.73. The van der Waals surface area contributed by atoms with Gasteiger partial charge in [0.25, 0.3) is 5.91 Å². The predicted octanol–water partition coefficient (Wildman–Crippen LogP) is 2.65. The topological polar surface area (TPSA) is 97.4 Å². The summed E-state index contributed by atoms with van der Waals surface area (Å²) >= 11 is 0. The fourth-order valence-corrected chi connectivity index (χ4v) is 2.28. The van der Waals surface area contributed by atoms with Crippen molar-refractivity contribution in [2.45, 2.75) is 13.0 Å². The van der Waals surface area contributed by atoms with E-state index < -0.39 is 11.9 Å². The third-order valence-electron chi connectivity index (χ3n) is 3.53. The summed E-state index contributed by atoms with van der Waals surface area (Å²) in [6, 6.07) is 11.7. The van der Waals surface area contributed by atoms with Crippen molar-refractivity contribution in [2.75, 3.05) is 0 Å². The van der Waals surface area contributed by atoms with Crippen LogP contribution < -0.4 is 5.32 Å². The normalized spacial score (nSPS) is 11.9. The highest BCUT2D eigenvalue weighted by Crippen LogP contribution is 2.17. The highest BCUT2D eigenvalue weighted by molar-refractivity contribution is 5.93. The molecule has 2 heterocycles. The number of hydrogen-bond acceptors (Lipinski definition) is 4. The lowest BCUT2D eigenvalue weighted by Gasteiger charge is -2.14. The lowest BCUT2D eigenvalue weighted by Crippen LogP contribution is -2.26. The molecule has 2 aromatic heterocycles. The van der Waals surface area contributed by atoms with E-state index >= 15 is 0 Å². The first kappa shape index (κ1) is 15.5. The van der Waals surface area contributed by atoms with Crippen LogP contribution in [0.4, 0.5) is 0 Å². The molecule has 3 rings (SSSR count). The van der Waals surface area contributed by atoms with Gasteiger partial charge in [0.15, 0.2) is 5.76 Å².